The summed E-state index contributed by atoms with van der Waals surface area (Å²) in [5.74, 6) is 0.769. The van der Waals surface area contributed by atoms with Crippen LogP contribution >= 0.6 is 15.9 Å². The summed E-state index contributed by atoms with van der Waals surface area (Å²) < 4.78 is 11.7. The number of methoxy groups -OCH3 is 1. The van der Waals surface area contributed by atoms with Gasteiger partial charge in [0.25, 0.3) is 5.91 Å². The first kappa shape index (κ1) is 20.2. The maximum absolute atomic E-state index is 13.1. The minimum absolute atomic E-state index is 0.0675. The first-order valence-corrected chi connectivity index (χ1v) is 9.78. The predicted molar refractivity (Wildman–Crippen MR) is 103 cm³/mol. The zero-order chi connectivity index (χ0) is 18.2. The van der Waals surface area contributed by atoms with E-state index in [4.69, 9.17) is 9.47 Å². The second-order valence-electron chi connectivity index (χ2n) is 6.65. The van der Waals surface area contributed by atoms with E-state index in [-0.39, 0.29) is 18.0 Å². The highest BCUT2D eigenvalue weighted by molar-refractivity contribution is 9.10. The van der Waals surface area contributed by atoms with Crippen LogP contribution in [0.3, 0.4) is 0 Å². The average molecular weight is 413 g/mol. The van der Waals surface area contributed by atoms with Crippen LogP contribution < -0.4 is 10.1 Å². The van der Waals surface area contributed by atoms with Gasteiger partial charge in [0.1, 0.15) is 5.75 Å². The van der Waals surface area contributed by atoms with Gasteiger partial charge in [-0.25, -0.2) is 0 Å². The molecule has 1 fully saturated rings. The van der Waals surface area contributed by atoms with Gasteiger partial charge in [0.15, 0.2) is 0 Å². The molecule has 1 atom stereocenters. The molecular weight excluding hydrogens is 384 g/mol. The van der Waals surface area contributed by atoms with E-state index in [0.717, 1.165) is 36.8 Å². The summed E-state index contributed by atoms with van der Waals surface area (Å²) in [6, 6.07) is 5.99. The molecule has 1 aliphatic rings. The van der Waals surface area contributed by atoms with Crippen molar-refractivity contribution in [1.29, 1.82) is 0 Å². The molecule has 0 bridgehead atoms. The van der Waals surface area contributed by atoms with Crippen molar-refractivity contribution in [2.24, 2.45) is 0 Å². The summed E-state index contributed by atoms with van der Waals surface area (Å²) in [7, 11) is 1.68. The van der Waals surface area contributed by atoms with E-state index in [9.17, 15) is 4.79 Å². The normalized spacial score (nSPS) is 17.6. The Hall–Kier alpha value is -1.11. The Morgan fingerprint density at radius 3 is 2.84 bits per heavy atom. The summed E-state index contributed by atoms with van der Waals surface area (Å²) in [6.07, 6.45) is 2.97. The van der Waals surface area contributed by atoms with Gasteiger partial charge >= 0.3 is 0 Å². The molecule has 1 amide bonds. The quantitative estimate of drug-likeness (QED) is 0.664. The van der Waals surface area contributed by atoms with Crippen molar-refractivity contribution in [3.05, 3.63) is 28.2 Å². The number of rotatable bonds is 8. The van der Waals surface area contributed by atoms with Crippen molar-refractivity contribution in [3.8, 4) is 5.75 Å². The Kier molecular flexibility index (Phi) is 8.19. The summed E-state index contributed by atoms with van der Waals surface area (Å²) in [6.45, 7) is 7.27. The third kappa shape index (κ3) is 5.69. The molecule has 1 saturated heterocycles. The SMILES string of the molecule is COCCCOc1cc(C(=O)N(C(C)C)C2CCCNC2)ccc1Br. The van der Waals surface area contributed by atoms with Crippen LogP contribution in [-0.2, 0) is 4.74 Å². The number of ether oxygens (including phenoxy) is 2. The fourth-order valence-electron chi connectivity index (χ4n) is 3.17. The van der Waals surface area contributed by atoms with E-state index in [1.807, 2.05) is 23.1 Å². The Balaban J connectivity index is 2.13. The molecule has 0 aliphatic carbocycles. The maximum atomic E-state index is 13.1. The minimum Gasteiger partial charge on any atom is -0.492 e. The van der Waals surface area contributed by atoms with E-state index in [0.29, 0.717) is 24.5 Å². The molecule has 1 heterocycles. The van der Waals surface area contributed by atoms with Crippen LogP contribution in [0, 0.1) is 0 Å². The fraction of sp³-hybridized carbons (Fsp3) is 0.632. The third-order valence-electron chi connectivity index (χ3n) is 4.38. The number of nitrogens with zero attached hydrogens (tertiary/aromatic N) is 1. The van der Waals surface area contributed by atoms with Crippen molar-refractivity contribution >= 4 is 21.8 Å². The van der Waals surface area contributed by atoms with Gasteiger partial charge < -0.3 is 19.7 Å². The molecule has 140 valence electrons. The van der Waals surface area contributed by atoms with Gasteiger partial charge in [-0.15, -0.1) is 0 Å². The van der Waals surface area contributed by atoms with Crippen molar-refractivity contribution in [3.63, 3.8) is 0 Å². The lowest BCUT2D eigenvalue weighted by Crippen LogP contribution is -2.51. The molecule has 5 nitrogen and oxygen atoms in total. The van der Waals surface area contributed by atoms with Crippen LogP contribution in [0.1, 0.15) is 43.5 Å². The summed E-state index contributed by atoms with van der Waals surface area (Å²) in [5, 5.41) is 3.40. The zero-order valence-corrected chi connectivity index (χ0v) is 17.0. The number of carbonyl (C=O) groups is 1. The van der Waals surface area contributed by atoms with E-state index < -0.39 is 0 Å². The molecule has 0 saturated carbocycles. The largest absolute Gasteiger partial charge is 0.492 e. The van der Waals surface area contributed by atoms with Gasteiger partial charge in [0.05, 0.1) is 11.1 Å². The van der Waals surface area contributed by atoms with E-state index in [1.54, 1.807) is 7.11 Å². The van der Waals surface area contributed by atoms with Gasteiger partial charge in [-0.2, -0.15) is 0 Å². The number of amides is 1. The van der Waals surface area contributed by atoms with Crippen molar-refractivity contribution in [1.82, 2.24) is 10.2 Å². The number of benzene rings is 1. The van der Waals surface area contributed by atoms with Gasteiger partial charge in [0.2, 0.25) is 0 Å². The average Bonchev–Trinajstić information content (AvgIpc) is 2.61. The maximum Gasteiger partial charge on any atom is 0.254 e. The molecule has 2 rings (SSSR count). The van der Waals surface area contributed by atoms with Crippen LogP contribution in [0.2, 0.25) is 0 Å². The monoisotopic (exact) mass is 412 g/mol. The third-order valence-corrected chi connectivity index (χ3v) is 5.04. The van der Waals surface area contributed by atoms with Gasteiger partial charge in [-0.3, -0.25) is 4.79 Å². The van der Waals surface area contributed by atoms with E-state index in [2.05, 4.69) is 35.1 Å². The molecular formula is C19H29BrN2O3. The van der Waals surface area contributed by atoms with Crippen LogP contribution in [0.25, 0.3) is 0 Å². The zero-order valence-electron chi connectivity index (χ0n) is 15.4. The van der Waals surface area contributed by atoms with Crippen LogP contribution in [0.4, 0.5) is 0 Å². The highest BCUT2D eigenvalue weighted by Crippen LogP contribution is 2.28. The summed E-state index contributed by atoms with van der Waals surface area (Å²) in [4.78, 5) is 15.1. The first-order valence-electron chi connectivity index (χ1n) is 8.99. The smallest absolute Gasteiger partial charge is 0.254 e. The highest BCUT2D eigenvalue weighted by atomic mass is 79.9. The topological polar surface area (TPSA) is 50.8 Å². The molecule has 0 spiro atoms. The number of piperidine rings is 1. The van der Waals surface area contributed by atoms with Crippen LogP contribution in [0.15, 0.2) is 22.7 Å². The molecule has 1 aromatic carbocycles. The molecule has 0 aromatic heterocycles. The molecule has 0 radical (unpaired) electrons. The van der Waals surface area contributed by atoms with Gasteiger partial charge in [0, 0.05) is 44.3 Å². The van der Waals surface area contributed by atoms with Crippen molar-refractivity contribution < 1.29 is 14.3 Å². The lowest BCUT2D eigenvalue weighted by molar-refractivity contribution is 0.0573. The summed E-state index contributed by atoms with van der Waals surface area (Å²) in [5.41, 5.74) is 0.671. The molecule has 1 aromatic rings. The fourth-order valence-corrected chi connectivity index (χ4v) is 3.54. The Morgan fingerprint density at radius 1 is 1.40 bits per heavy atom. The lowest BCUT2D eigenvalue weighted by atomic mass is 10.0. The summed E-state index contributed by atoms with van der Waals surface area (Å²) >= 11 is 3.50. The molecule has 1 unspecified atom stereocenters. The van der Waals surface area contributed by atoms with E-state index in [1.165, 1.54) is 0 Å². The lowest BCUT2D eigenvalue weighted by Gasteiger charge is -2.37. The first-order chi connectivity index (χ1) is 12.0. The molecule has 25 heavy (non-hydrogen) atoms. The number of halogens is 1. The van der Waals surface area contributed by atoms with Crippen LogP contribution in [0.5, 0.6) is 5.75 Å². The van der Waals surface area contributed by atoms with Crippen molar-refractivity contribution in [2.45, 2.75) is 45.2 Å². The Labute approximate surface area is 159 Å². The Bertz CT molecular complexity index is 560. The second kappa shape index (κ2) is 10.1. The van der Waals surface area contributed by atoms with Gasteiger partial charge in [-0.1, -0.05) is 0 Å². The van der Waals surface area contributed by atoms with Crippen molar-refractivity contribution in [2.75, 3.05) is 33.4 Å². The minimum atomic E-state index is 0.0675. The number of nitrogens with one attached hydrogen (secondary N) is 1. The molecule has 1 N–H and O–H groups in total. The van der Waals surface area contributed by atoms with E-state index >= 15 is 0 Å². The van der Waals surface area contributed by atoms with Gasteiger partial charge in [-0.05, 0) is 67.4 Å². The molecule has 6 heteroatoms. The van der Waals surface area contributed by atoms with Crippen LogP contribution in [-0.4, -0.2) is 56.3 Å². The Morgan fingerprint density at radius 2 is 2.20 bits per heavy atom. The predicted octanol–water partition coefficient (Wildman–Crippen LogP) is 3.47. The standard InChI is InChI=1S/C19H29BrN2O3/c1-14(2)22(16-6-4-9-21-13-16)19(23)15-7-8-17(20)18(12-15)25-11-5-10-24-3/h7-8,12,14,16,21H,4-6,9-11,13H2,1-3H3. The second-order valence-corrected chi connectivity index (χ2v) is 7.50. The molecule has 1 aliphatic heterocycles. The number of hydrogen-bond donors (Lipinski definition) is 1. The number of carbonyl (C=O) groups excluding carboxylic acids is 1. The number of hydrogen-bond acceptors (Lipinski definition) is 4. The highest BCUT2D eigenvalue weighted by Gasteiger charge is 2.28.